The van der Waals surface area contributed by atoms with Crippen molar-refractivity contribution in [2.75, 3.05) is 31.1 Å². The van der Waals surface area contributed by atoms with Gasteiger partial charge in [0, 0.05) is 53.9 Å². The van der Waals surface area contributed by atoms with E-state index in [0.717, 1.165) is 46.3 Å². The highest BCUT2D eigenvalue weighted by Gasteiger charge is 2.25. The average molecular weight is 413 g/mol. The van der Waals surface area contributed by atoms with Crippen LogP contribution >= 0.6 is 0 Å². The van der Waals surface area contributed by atoms with E-state index in [4.69, 9.17) is 4.42 Å². The van der Waals surface area contributed by atoms with Gasteiger partial charge < -0.3 is 14.2 Å². The fraction of sp³-hybridized carbons (Fsp3) is 0.240. The summed E-state index contributed by atoms with van der Waals surface area (Å²) in [6, 6.07) is 17.3. The molecule has 3 heterocycles. The van der Waals surface area contributed by atoms with E-state index in [1.165, 1.54) is 0 Å². The summed E-state index contributed by atoms with van der Waals surface area (Å²) in [5, 5.41) is 1.80. The average Bonchev–Trinajstić information content (AvgIpc) is 3.25. The van der Waals surface area contributed by atoms with Gasteiger partial charge in [0.2, 0.25) is 0 Å². The van der Waals surface area contributed by atoms with Crippen LogP contribution in [-0.2, 0) is 0 Å². The Labute approximate surface area is 180 Å². The Morgan fingerprint density at radius 2 is 1.65 bits per heavy atom. The number of anilines is 1. The summed E-state index contributed by atoms with van der Waals surface area (Å²) in [6.45, 7) is 6.20. The van der Waals surface area contributed by atoms with E-state index >= 15 is 0 Å². The van der Waals surface area contributed by atoms with Crippen molar-refractivity contribution >= 4 is 39.2 Å². The summed E-state index contributed by atoms with van der Waals surface area (Å²) in [6.07, 6.45) is 0. The van der Waals surface area contributed by atoms with Gasteiger partial charge >= 0.3 is 0 Å². The molecule has 0 radical (unpaired) electrons. The van der Waals surface area contributed by atoms with Crippen molar-refractivity contribution in [1.29, 1.82) is 0 Å². The first-order chi connectivity index (χ1) is 15.0. The van der Waals surface area contributed by atoms with Crippen LogP contribution in [0.25, 0.3) is 21.9 Å². The van der Waals surface area contributed by atoms with Crippen molar-refractivity contribution in [2.24, 2.45) is 0 Å². The fourth-order valence-corrected chi connectivity index (χ4v) is 4.20. The summed E-state index contributed by atoms with van der Waals surface area (Å²) in [7, 11) is 0. The topological polar surface area (TPSA) is 66.7 Å². The lowest BCUT2D eigenvalue weighted by Gasteiger charge is -2.35. The standard InChI is InChI=1S/C25H23N3O3/c1-16-21-15-23(31-24(21)20-5-3-4-6-22(20)26-16)25(30)28-13-11-27(12-14-28)19-9-7-18(8-10-19)17(2)29/h3-10,15H,11-14H2,1-2H3. The predicted molar refractivity (Wildman–Crippen MR) is 121 cm³/mol. The van der Waals surface area contributed by atoms with E-state index in [9.17, 15) is 9.59 Å². The zero-order valence-corrected chi connectivity index (χ0v) is 17.6. The smallest absolute Gasteiger partial charge is 0.289 e. The largest absolute Gasteiger partial charge is 0.450 e. The molecule has 0 N–H and O–H groups in total. The highest BCUT2D eigenvalue weighted by atomic mass is 16.3. The van der Waals surface area contributed by atoms with Crippen LogP contribution < -0.4 is 4.90 Å². The number of pyridine rings is 1. The number of fused-ring (bicyclic) bond motifs is 3. The Balaban J connectivity index is 1.34. The fourth-order valence-electron chi connectivity index (χ4n) is 4.20. The van der Waals surface area contributed by atoms with E-state index in [1.807, 2.05) is 66.4 Å². The number of carbonyl (C=O) groups excluding carboxylic acids is 2. The highest BCUT2D eigenvalue weighted by Crippen LogP contribution is 2.30. The SMILES string of the molecule is CC(=O)c1ccc(N2CCN(C(=O)c3cc4c(C)nc5ccccc5c4o3)CC2)cc1. The molecule has 1 amide bonds. The Morgan fingerprint density at radius 3 is 2.35 bits per heavy atom. The lowest BCUT2D eigenvalue weighted by molar-refractivity contribution is 0.0717. The lowest BCUT2D eigenvalue weighted by atomic mass is 10.1. The minimum Gasteiger partial charge on any atom is -0.450 e. The third kappa shape index (κ3) is 3.44. The number of furan rings is 1. The number of rotatable bonds is 3. The summed E-state index contributed by atoms with van der Waals surface area (Å²) in [5.41, 5.74) is 4.21. The highest BCUT2D eigenvalue weighted by molar-refractivity contribution is 6.06. The van der Waals surface area contributed by atoms with Crippen LogP contribution in [0.4, 0.5) is 5.69 Å². The molecule has 6 nitrogen and oxygen atoms in total. The molecule has 1 aliphatic rings. The number of piperazine rings is 1. The molecule has 6 heteroatoms. The van der Waals surface area contributed by atoms with E-state index in [0.29, 0.717) is 24.4 Å². The van der Waals surface area contributed by atoms with Gasteiger partial charge in [0.15, 0.2) is 11.5 Å². The van der Waals surface area contributed by atoms with E-state index in [2.05, 4.69) is 9.88 Å². The van der Waals surface area contributed by atoms with Crippen LogP contribution in [0.3, 0.4) is 0 Å². The number of Topliss-reactive ketones (excluding diaryl/α,β-unsaturated/α-hetero) is 1. The van der Waals surface area contributed by atoms with Crippen LogP contribution in [0.2, 0.25) is 0 Å². The first-order valence-electron chi connectivity index (χ1n) is 10.5. The van der Waals surface area contributed by atoms with Gasteiger partial charge in [-0.15, -0.1) is 0 Å². The van der Waals surface area contributed by atoms with E-state index in [1.54, 1.807) is 6.92 Å². The minimum absolute atomic E-state index is 0.0611. The number of para-hydroxylation sites is 1. The van der Waals surface area contributed by atoms with Crippen LogP contribution in [0.15, 0.2) is 59.0 Å². The summed E-state index contributed by atoms with van der Waals surface area (Å²) in [4.78, 5) is 33.3. The quantitative estimate of drug-likeness (QED) is 0.464. The molecule has 1 aliphatic heterocycles. The van der Waals surface area contributed by atoms with Crippen molar-refractivity contribution in [3.05, 3.63) is 71.6 Å². The van der Waals surface area contributed by atoms with Crippen molar-refractivity contribution < 1.29 is 14.0 Å². The molecule has 31 heavy (non-hydrogen) atoms. The normalized spacial score (nSPS) is 14.4. The number of nitrogens with zero attached hydrogens (tertiary/aromatic N) is 3. The molecule has 0 spiro atoms. The molecule has 0 atom stereocenters. The van der Waals surface area contributed by atoms with Crippen LogP contribution in [0.1, 0.15) is 33.5 Å². The molecule has 2 aromatic heterocycles. The minimum atomic E-state index is -0.0914. The van der Waals surface area contributed by atoms with Gasteiger partial charge in [-0.25, -0.2) is 0 Å². The third-order valence-electron chi connectivity index (χ3n) is 5.98. The number of aryl methyl sites for hydroxylation is 1. The molecule has 0 aliphatic carbocycles. The maximum atomic E-state index is 13.1. The molecule has 5 rings (SSSR count). The predicted octanol–water partition coefficient (Wildman–Crippen LogP) is 4.45. The molecule has 0 bridgehead atoms. The second-order valence-electron chi connectivity index (χ2n) is 7.95. The molecule has 156 valence electrons. The maximum absolute atomic E-state index is 13.1. The molecule has 1 fully saturated rings. The zero-order chi connectivity index (χ0) is 21.5. The number of hydrogen-bond acceptors (Lipinski definition) is 5. The number of amides is 1. The van der Waals surface area contributed by atoms with Gasteiger partial charge in [0.1, 0.15) is 5.58 Å². The van der Waals surface area contributed by atoms with Crippen molar-refractivity contribution in [3.63, 3.8) is 0 Å². The van der Waals surface area contributed by atoms with E-state index in [-0.39, 0.29) is 11.7 Å². The number of ketones is 1. The third-order valence-corrected chi connectivity index (χ3v) is 5.98. The van der Waals surface area contributed by atoms with E-state index < -0.39 is 0 Å². The molecular weight excluding hydrogens is 390 g/mol. The van der Waals surface area contributed by atoms with Crippen LogP contribution in [0, 0.1) is 6.92 Å². The summed E-state index contributed by atoms with van der Waals surface area (Å²) >= 11 is 0. The van der Waals surface area contributed by atoms with Gasteiger partial charge in [0.05, 0.1) is 5.52 Å². The number of carbonyl (C=O) groups is 2. The number of benzene rings is 2. The van der Waals surface area contributed by atoms with Crippen molar-refractivity contribution in [2.45, 2.75) is 13.8 Å². The molecular formula is C25H23N3O3. The Morgan fingerprint density at radius 1 is 0.935 bits per heavy atom. The van der Waals surface area contributed by atoms with Gasteiger partial charge in [-0.05, 0) is 56.3 Å². The van der Waals surface area contributed by atoms with Crippen molar-refractivity contribution in [1.82, 2.24) is 9.88 Å². The van der Waals surface area contributed by atoms with Crippen molar-refractivity contribution in [3.8, 4) is 0 Å². The van der Waals surface area contributed by atoms with Gasteiger partial charge in [0.25, 0.3) is 5.91 Å². The van der Waals surface area contributed by atoms with Crippen LogP contribution in [-0.4, -0.2) is 47.8 Å². The molecule has 4 aromatic rings. The maximum Gasteiger partial charge on any atom is 0.289 e. The Bertz CT molecular complexity index is 1300. The first-order valence-corrected chi connectivity index (χ1v) is 10.5. The molecule has 0 saturated carbocycles. The Kier molecular flexibility index (Phi) is 4.70. The monoisotopic (exact) mass is 413 g/mol. The molecule has 0 unspecified atom stereocenters. The number of aromatic nitrogens is 1. The van der Waals surface area contributed by atoms with Crippen LogP contribution in [0.5, 0.6) is 0 Å². The summed E-state index contributed by atoms with van der Waals surface area (Å²) < 4.78 is 6.05. The second-order valence-corrected chi connectivity index (χ2v) is 7.95. The zero-order valence-electron chi connectivity index (χ0n) is 17.6. The Hall–Kier alpha value is -3.67. The number of hydrogen-bond donors (Lipinski definition) is 0. The molecule has 1 saturated heterocycles. The van der Waals surface area contributed by atoms with Gasteiger partial charge in [-0.2, -0.15) is 0 Å². The second kappa shape index (κ2) is 7.54. The van der Waals surface area contributed by atoms with Gasteiger partial charge in [-0.1, -0.05) is 12.1 Å². The van der Waals surface area contributed by atoms with Gasteiger partial charge in [-0.3, -0.25) is 14.6 Å². The molecule has 2 aromatic carbocycles. The first kappa shape index (κ1) is 19.3. The summed E-state index contributed by atoms with van der Waals surface area (Å²) in [5.74, 6) is 0.327. The lowest BCUT2D eigenvalue weighted by Crippen LogP contribution is -2.48.